The van der Waals surface area contributed by atoms with Crippen molar-refractivity contribution in [3.8, 4) is 11.5 Å². The molecule has 1 aliphatic heterocycles. The molecule has 1 N–H and O–H groups in total. The van der Waals surface area contributed by atoms with E-state index in [1.807, 2.05) is 18.2 Å². The van der Waals surface area contributed by atoms with Gasteiger partial charge in [-0.05, 0) is 25.6 Å². The third kappa shape index (κ3) is 4.33. The zero-order valence-corrected chi connectivity index (χ0v) is 13.7. The van der Waals surface area contributed by atoms with Gasteiger partial charge in [0.2, 0.25) is 0 Å². The third-order valence-corrected chi connectivity index (χ3v) is 3.90. The van der Waals surface area contributed by atoms with E-state index < -0.39 is 0 Å². The van der Waals surface area contributed by atoms with Crippen molar-refractivity contribution >= 4 is 5.91 Å². The van der Waals surface area contributed by atoms with Crippen molar-refractivity contribution in [1.82, 2.24) is 25.2 Å². The molecule has 3 heterocycles. The Hall–Kier alpha value is -2.38. The predicted molar refractivity (Wildman–Crippen MR) is 89.5 cm³/mol. The van der Waals surface area contributed by atoms with Crippen molar-refractivity contribution in [2.75, 3.05) is 33.3 Å². The van der Waals surface area contributed by atoms with E-state index in [1.54, 1.807) is 6.20 Å². The lowest BCUT2D eigenvalue weighted by Gasteiger charge is -2.30. The van der Waals surface area contributed by atoms with Gasteiger partial charge in [-0.1, -0.05) is 6.07 Å². The molecule has 1 atom stereocenters. The number of nitrogens with one attached hydrogen (secondary N) is 1. The zero-order chi connectivity index (χ0) is 16.8. The van der Waals surface area contributed by atoms with Gasteiger partial charge in [0.15, 0.2) is 5.82 Å². The van der Waals surface area contributed by atoms with Crippen LogP contribution in [0.1, 0.15) is 16.8 Å². The second-order valence-corrected chi connectivity index (χ2v) is 5.81. The van der Waals surface area contributed by atoms with Crippen molar-refractivity contribution in [1.29, 1.82) is 0 Å². The molecule has 1 fully saturated rings. The van der Waals surface area contributed by atoms with Gasteiger partial charge >= 0.3 is 0 Å². The average molecular weight is 327 g/mol. The van der Waals surface area contributed by atoms with Crippen LogP contribution in [-0.2, 0) is 4.74 Å². The van der Waals surface area contributed by atoms with Crippen LogP contribution in [-0.4, -0.2) is 65.2 Å². The fourth-order valence-electron chi connectivity index (χ4n) is 2.56. The number of hydrogen-bond acceptors (Lipinski definition) is 6. The Bertz CT molecular complexity index is 662. The van der Waals surface area contributed by atoms with Gasteiger partial charge in [0, 0.05) is 38.2 Å². The van der Waals surface area contributed by atoms with Crippen LogP contribution >= 0.6 is 0 Å². The second-order valence-electron chi connectivity index (χ2n) is 5.81. The number of amides is 1. The lowest BCUT2D eigenvalue weighted by atomic mass is 10.2. The summed E-state index contributed by atoms with van der Waals surface area (Å²) < 4.78 is 5.68. The van der Waals surface area contributed by atoms with Crippen LogP contribution in [0.3, 0.4) is 0 Å². The SMILES string of the molecule is CN1CCO[C@@H](CCNC(=O)c2cnc(-c3ccccn3)nc2)C1. The Balaban J connectivity index is 1.50. The van der Waals surface area contributed by atoms with Crippen LogP contribution in [0.25, 0.3) is 11.5 Å². The standard InChI is InChI=1S/C17H21N5O2/c1-22-8-9-24-14(12-22)5-7-19-17(23)13-10-20-16(21-11-13)15-4-2-3-6-18-15/h2-4,6,10-11,14H,5,7-9,12H2,1H3,(H,19,23)/t14-/m0/s1. The number of morpholine rings is 1. The predicted octanol–water partition coefficient (Wildman–Crippen LogP) is 0.989. The van der Waals surface area contributed by atoms with Gasteiger partial charge in [0.05, 0.1) is 18.3 Å². The minimum atomic E-state index is -0.174. The van der Waals surface area contributed by atoms with Gasteiger partial charge in [-0.3, -0.25) is 9.78 Å². The summed E-state index contributed by atoms with van der Waals surface area (Å²) >= 11 is 0. The van der Waals surface area contributed by atoms with E-state index in [0.717, 1.165) is 26.1 Å². The summed E-state index contributed by atoms with van der Waals surface area (Å²) in [5.41, 5.74) is 1.12. The van der Waals surface area contributed by atoms with Crippen LogP contribution in [0.15, 0.2) is 36.8 Å². The zero-order valence-electron chi connectivity index (χ0n) is 13.7. The number of rotatable bonds is 5. The van der Waals surface area contributed by atoms with E-state index in [4.69, 9.17) is 4.74 Å². The van der Waals surface area contributed by atoms with Gasteiger partial charge < -0.3 is 15.0 Å². The summed E-state index contributed by atoms with van der Waals surface area (Å²) in [5.74, 6) is 0.331. The lowest BCUT2D eigenvalue weighted by Crippen LogP contribution is -2.41. The Kier molecular flexibility index (Phi) is 5.45. The largest absolute Gasteiger partial charge is 0.375 e. The third-order valence-electron chi connectivity index (χ3n) is 3.90. The Morgan fingerprint density at radius 1 is 1.33 bits per heavy atom. The summed E-state index contributed by atoms with van der Waals surface area (Å²) in [6.45, 7) is 3.18. The summed E-state index contributed by atoms with van der Waals surface area (Å²) in [5, 5.41) is 2.89. The number of likely N-dealkylation sites (N-methyl/N-ethyl adjacent to an activating group) is 1. The van der Waals surface area contributed by atoms with E-state index in [0.29, 0.717) is 23.6 Å². The fraction of sp³-hybridized carbons (Fsp3) is 0.412. The van der Waals surface area contributed by atoms with Crippen LogP contribution in [0.5, 0.6) is 0 Å². The number of nitrogens with zero attached hydrogens (tertiary/aromatic N) is 4. The molecule has 7 nitrogen and oxygen atoms in total. The molecule has 1 amide bonds. The molecule has 0 spiro atoms. The first-order chi connectivity index (χ1) is 11.7. The average Bonchev–Trinajstić information content (AvgIpc) is 2.63. The lowest BCUT2D eigenvalue weighted by molar-refractivity contribution is -0.0226. The molecule has 1 saturated heterocycles. The highest BCUT2D eigenvalue weighted by molar-refractivity contribution is 5.93. The highest BCUT2D eigenvalue weighted by Gasteiger charge is 2.17. The number of hydrogen-bond donors (Lipinski definition) is 1. The quantitative estimate of drug-likeness (QED) is 0.882. The van der Waals surface area contributed by atoms with Crippen molar-refractivity contribution in [2.24, 2.45) is 0 Å². The Morgan fingerprint density at radius 2 is 2.17 bits per heavy atom. The number of aromatic nitrogens is 3. The first kappa shape index (κ1) is 16.5. The van der Waals surface area contributed by atoms with Crippen LogP contribution < -0.4 is 5.32 Å². The van der Waals surface area contributed by atoms with Gasteiger partial charge in [-0.25, -0.2) is 9.97 Å². The second kappa shape index (κ2) is 7.94. The molecule has 0 aromatic carbocycles. The molecular weight excluding hydrogens is 306 g/mol. The minimum absolute atomic E-state index is 0.173. The molecule has 2 aromatic heterocycles. The first-order valence-corrected chi connectivity index (χ1v) is 8.04. The topological polar surface area (TPSA) is 80.2 Å². The molecular formula is C17H21N5O2. The minimum Gasteiger partial charge on any atom is -0.375 e. The maximum Gasteiger partial charge on any atom is 0.254 e. The normalized spacial score (nSPS) is 18.3. The molecule has 0 radical (unpaired) electrons. The van der Waals surface area contributed by atoms with E-state index in [9.17, 15) is 4.79 Å². The summed E-state index contributed by atoms with van der Waals surface area (Å²) in [7, 11) is 2.08. The van der Waals surface area contributed by atoms with Crippen molar-refractivity contribution in [2.45, 2.75) is 12.5 Å². The fourth-order valence-corrected chi connectivity index (χ4v) is 2.56. The summed E-state index contributed by atoms with van der Waals surface area (Å²) in [6, 6.07) is 5.53. The molecule has 126 valence electrons. The van der Waals surface area contributed by atoms with E-state index in [-0.39, 0.29) is 12.0 Å². The summed E-state index contributed by atoms with van der Waals surface area (Å²) in [4.78, 5) is 27.0. The van der Waals surface area contributed by atoms with Gasteiger partial charge in [-0.2, -0.15) is 0 Å². The van der Waals surface area contributed by atoms with E-state index in [1.165, 1.54) is 12.4 Å². The molecule has 7 heteroatoms. The monoisotopic (exact) mass is 327 g/mol. The van der Waals surface area contributed by atoms with E-state index >= 15 is 0 Å². The molecule has 24 heavy (non-hydrogen) atoms. The molecule has 0 aliphatic carbocycles. The number of carbonyl (C=O) groups excluding carboxylic acids is 1. The smallest absolute Gasteiger partial charge is 0.254 e. The molecule has 0 unspecified atom stereocenters. The highest BCUT2D eigenvalue weighted by atomic mass is 16.5. The number of ether oxygens (including phenoxy) is 1. The van der Waals surface area contributed by atoms with Crippen molar-refractivity contribution in [3.05, 3.63) is 42.4 Å². The van der Waals surface area contributed by atoms with Crippen molar-refractivity contribution < 1.29 is 9.53 Å². The van der Waals surface area contributed by atoms with Crippen LogP contribution in [0.4, 0.5) is 0 Å². The Morgan fingerprint density at radius 3 is 2.88 bits per heavy atom. The summed E-state index contributed by atoms with van der Waals surface area (Å²) in [6.07, 6.45) is 5.70. The van der Waals surface area contributed by atoms with Crippen LogP contribution in [0, 0.1) is 0 Å². The van der Waals surface area contributed by atoms with Gasteiger partial charge in [0.1, 0.15) is 5.69 Å². The molecule has 0 saturated carbocycles. The highest BCUT2D eigenvalue weighted by Crippen LogP contribution is 2.10. The van der Waals surface area contributed by atoms with Crippen LogP contribution in [0.2, 0.25) is 0 Å². The van der Waals surface area contributed by atoms with Gasteiger partial charge in [-0.15, -0.1) is 0 Å². The number of carbonyl (C=O) groups is 1. The van der Waals surface area contributed by atoms with Gasteiger partial charge in [0.25, 0.3) is 5.91 Å². The maximum atomic E-state index is 12.1. The number of pyridine rings is 1. The van der Waals surface area contributed by atoms with Crippen molar-refractivity contribution in [3.63, 3.8) is 0 Å². The molecule has 1 aliphatic rings. The molecule has 2 aromatic rings. The molecule has 3 rings (SSSR count). The van der Waals surface area contributed by atoms with E-state index in [2.05, 4.69) is 32.2 Å². The first-order valence-electron chi connectivity index (χ1n) is 8.04. The Labute approximate surface area is 141 Å². The molecule has 0 bridgehead atoms. The maximum absolute atomic E-state index is 12.1.